The molecule has 29 heavy (non-hydrogen) atoms. The predicted octanol–water partition coefficient (Wildman–Crippen LogP) is 4.76. The minimum atomic E-state index is -0.855. The van der Waals surface area contributed by atoms with Gasteiger partial charge in [0.25, 0.3) is 5.91 Å². The molecule has 2 amide bonds. The molecule has 2 aliphatic heterocycles. The Morgan fingerprint density at radius 2 is 1.62 bits per heavy atom. The molecular formula is C22H17ClN2O3S. The maximum absolute atomic E-state index is 13.4. The molecule has 2 aromatic carbocycles. The van der Waals surface area contributed by atoms with Crippen LogP contribution in [0.15, 0.2) is 66.0 Å². The lowest BCUT2D eigenvalue weighted by Crippen LogP contribution is -2.37. The number of aryl methyl sites for hydroxylation is 1. The van der Waals surface area contributed by atoms with E-state index in [0.717, 1.165) is 16.1 Å². The number of fused-ring (bicyclic) bond motifs is 1. The summed E-state index contributed by atoms with van der Waals surface area (Å²) in [5.74, 6) is -1.18. The third-order valence-corrected chi connectivity index (χ3v) is 6.52. The van der Waals surface area contributed by atoms with Crippen LogP contribution in [0.1, 0.15) is 16.5 Å². The van der Waals surface area contributed by atoms with Gasteiger partial charge in [0.15, 0.2) is 6.10 Å². The van der Waals surface area contributed by atoms with Crippen molar-refractivity contribution in [3.63, 3.8) is 0 Å². The molecule has 0 radical (unpaired) electrons. The van der Waals surface area contributed by atoms with E-state index in [4.69, 9.17) is 16.4 Å². The highest BCUT2D eigenvalue weighted by atomic mass is 35.5. The van der Waals surface area contributed by atoms with E-state index in [9.17, 15) is 9.59 Å². The van der Waals surface area contributed by atoms with Crippen LogP contribution in [0.25, 0.3) is 0 Å². The number of halogens is 1. The van der Waals surface area contributed by atoms with Crippen molar-refractivity contribution in [3.05, 3.63) is 81.5 Å². The zero-order chi connectivity index (χ0) is 20.1. The molecule has 5 nitrogen and oxygen atoms in total. The third kappa shape index (κ3) is 2.95. The molecule has 0 spiro atoms. The second-order valence-electron chi connectivity index (χ2n) is 7.16. The van der Waals surface area contributed by atoms with E-state index < -0.39 is 12.0 Å². The van der Waals surface area contributed by atoms with E-state index >= 15 is 0 Å². The standard InChI is InChI=1S/C22H17ClN2O3S/c1-13-4-8-15(9-5-13)24-21(26)18-19(17-3-2-12-29-17)25(28-20(18)22(24)27)16-10-6-14(23)7-11-16/h2-12,18-20H,1H3/t18-,19-,20-/m1/s1. The van der Waals surface area contributed by atoms with Crippen LogP contribution in [-0.2, 0) is 14.4 Å². The number of amides is 2. The fourth-order valence-electron chi connectivity index (χ4n) is 3.92. The molecule has 3 atom stereocenters. The molecule has 2 saturated heterocycles. The minimum absolute atomic E-state index is 0.237. The summed E-state index contributed by atoms with van der Waals surface area (Å²) in [5.41, 5.74) is 2.39. The Morgan fingerprint density at radius 1 is 0.931 bits per heavy atom. The smallest absolute Gasteiger partial charge is 0.266 e. The summed E-state index contributed by atoms with van der Waals surface area (Å²) < 4.78 is 0. The Bertz CT molecular complexity index is 1070. The molecule has 3 heterocycles. The van der Waals surface area contributed by atoms with E-state index in [1.54, 1.807) is 40.7 Å². The number of imide groups is 1. The van der Waals surface area contributed by atoms with Gasteiger partial charge in [0.1, 0.15) is 12.0 Å². The second kappa shape index (κ2) is 6.99. The zero-order valence-electron chi connectivity index (χ0n) is 15.5. The number of carbonyl (C=O) groups is 2. The van der Waals surface area contributed by atoms with Crippen LogP contribution in [0, 0.1) is 12.8 Å². The maximum Gasteiger partial charge on any atom is 0.266 e. The SMILES string of the molecule is Cc1ccc(N2C(=O)[C@@H]3[C@@H](c4cccs4)N(c4ccc(Cl)cc4)O[C@H]3C2=O)cc1. The van der Waals surface area contributed by atoms with Crippen molar-refractivity contribution >= 4 is 46.1 Å². The molecule has 5 rings (SSSR count). The Balaban J connectivity index is 1.56. The normalized spacial score (nSPS) is 23.7. The molecule has 0 aliphatic carbocycles. The van der Waals surface area contributed by atoms with E-state index in [0.29, 0.717) is 10.7 Å². The molecule has 0 unspecified atom stereocenters. The molecule has 2 aliphatic rings. The van der Waals surface area contributed by atoms with Crippen LogP contribution in [-0.4, -0.2) is 17.9 Å². The van der Waals surface area contributed by atoms with Gasteiger partial charge in [0.05, 0.1) is 11.4 Å². The lowest BCUT2D eigenvalue weighted by atomic mass is 9.95. The quantitative estimate of drug-likeness (QED) is 0.569. The molecule has 2 fully saturated rings. The molecule has 7 heteroatoms. The minimum Gasteiger partial charge on any atom is -0.273 e. The Labute approximate surface area is 177 Å². The number of hydroxylamine groups is 1. The number of carbonyl (C=O) groups excluding carboxylic acids is 2. The Hall–Kier alpha value is -2.67. The molecule has 0 saturated carbocycles. The van der Waals surface area contributed by atoms with Gasteiger partial charge in [-0.05, 0) is 54.8 Å². The van der Waals surface area contributed by atoms with Gasteiger partial charge >= 0.3 is 0 Å². The summed E-state index contributed by atoms with van der Waals surface area (Å²) in [5, 5.41) is 4.25. The number of benzene rings is 2. The molecule has 0 N–H and O–H groups in total. The molecule has 146 valence electrons. The van der Waals surface area contributed by atoms with Crippen LogP contribution in [0.3, 0.4) is 0 Å². The summed E-state index contributed by atoms with van der Waals surface area (Å²) in [4.78, 5) is 34.9. The lowest BCUT2D eigenvalue weighted by molar-refractivity contribution is -0.126. The van der Waals surface area contributed by atoms with Crippen molar-refractivity contribution in [2.75, 3.05) is 9.96 Å². The number of anilines is 2. The number of hydrogen-bond acceptors (Lipinski definition) is 5. The summed E-state index contributed by atoms with van der Waals surface area (Å²) in [7, 11) is 0. The van der Waals surface area contributed by atoms with Crippen molar-refractivity contribution < 1.29 is 14.4 Å². The lowest BCUT2D eigenvalue weighted by Gasteiger charge is -2.27. The monoisotopic (exact) mass is 424 g/mol. The average molecular weight is 425 g/mol. The van der Waals surface area contributed by atoms with Gasteiger partial charge in [-0.15, -0.1) is 11.3 Å². The van der Waals surface area contributed by atoms with E-state index in [-0.39, 0.29) is 17.9 Å². The Morgan fingerprint density at radius 3 is 2.28 bits per heavy atom. The number of thiophene rings is 1. The highest BCUT2D eigenvalue weighted by Gasteiger charge is 2.60. The number of rotatable bonds is 3. The molecular weight excluding hydrogens is 408 g/mol. The summed E-state index contributed by atoms with van der Waals surface area (Å²) in [6.07, 6.45) is -0.855. The highest BCUT2D eigenvalue weighted by molar-refractivity contribution is 7.10. The van der Waals surface area contributed by atoms with Crippen LogP contribution in [0.2, 0.25) is 5.02 Å². The third-order valence-electron chi connectivity index (χ3n) is 5.32. The fourth-order valence-corrected chi connectivity index (χ4v) is 4.90. The Kier molecular flexibility index (Phi) is 4.42. The van der Waals surface area contributed by atoms with Gasteiger partial charge in [-0.25, -0.2) is 9.96 Å². The fraction of sp³-hybridized carbons (Fsp3) is 0.182. The predicted molar refractivity (Wildman–Crippen MR) is 113 cm³/mol. The second-order valence-corrected chi connectivity index (χ2v) is 8.58. The van der Waals surface area contributed by atoms with Crippen molar-refractivity contribution in [1.29, 1.82) is 0 Å². The van der Waals surface area contributed by atoms with E-state index in [2.05, 4.69) is 0 Å². The van der Waals surface area contributed by atoms with E-state index in [1.165, 1.54) is 4.90 Å². The summed E-state index contributed by atoms with van der Waals surface area (Å²) in [6.45, 7) is 1.96. The number of hydrogen-bond donors (Lipinski definition) is 0. The first-order chi connectivity index (χ1) is 14.0. The first-order valence-electron chi connectivity index (χ1n) is 9.24. The first-order valence-corrected chi connectivity index (χ1v) is 10.5. The van der Waals surface area contributed by atoms with Crippen LogP contribution >= 0.6 is 22.9 Å². The largest absolute Gasteiger partial charge is 0.273 e. The summed E-state index contributed by atoms with van der Waals surface area (Å²) >= 11 is 7.57. The van der Waals surface area contributed by atoms with Gasteiger partial charge in [-0.2, -0.15) is 0 Å². The van der Waals surface area contributed by atoms with Crippen molar-refractivity contribution in [2.24, 2.45) is 5.92 Å². The number of nitrogens with zero attached hydrogens (tertiary/aromatic N) is 2. The van der Waals surface area contributed by atoms with Crippen LogP contribution < -0.4 is 9.96 Å². The van der Waals surface area contributed by atoms with Gasteiger partial charge in [-0.1, -0.05) is 35.4 Å². The van der Waals surface area contributed by atoms with Crippen molar-refractivity contribution in [1.82, 2.24) is 0 Å². The first kappa shape index (κ1) is 18.4. The topological polar surface area (TPSA) is 49.9 Å². The molecule has 3 aromatic rings. The summed E-state index contributed by atoms with van der Waals surface area (Å²) in [6, 6.07) is 18.1. The average Bonchev–Trinajstić information content (AvgIpc) is 3.41. The van der Waals surface area contributed by atoms with Crippen LogP contribution in [0.4, 0.5) is 11.4 Å². The van der Waals surface area contributed by atoms with Gasteiger partial charge in [0.2, 0.25) is 5.91 Å². The van der Waals surface area contributed by atoms with Crippen molar-refractivity contribution in [3.8, 4) is 0 Å². The van der Waals surface area contributed by atoms with Crippen molar-refractivity contribution in [2.45, 2.75) is 19.1 Å². The highest BCUT2D eigenvalue weighted by Crippen LogP contribution is 2.48. The van der Waals surface area contributed by atoms with Gasteiger partial charge < -0.3 is 0 Å². The van der Waals surface area contributed by atoms with E-state index in [1.807, 2.05) is 48.7 Å². The van der Waals surface area contributed by atoms with Crippen LogP contribution in [0.5, 0.6) is 0 Å². The molecule has 0 bridgehead atoms. The maximum atomic E-state index is 13.4. The zero-order valence-corrected chi connectivity index (χ0v) is 17.1. The van der Waals surface area contributed by atoms with Gasteiger partial charge in [-0.3, -0.25) is 14.4 Å². The van der Waals surface area contributed by atoms with Gasteiger partial charge in [0, 0.05) is 9.90 Å². The molecule has 1 aromatic heterocycles.